The van der Waals surface area contributed by atoms with Crippen molar-refractivity contribution in [3.63, 3.8) is 0 Å². The van der Waals surface area contributed by atoms with Gasteiger partial charge in [0.2, 0.25) is 0 Å². The molecule has 3 N–H and O–H groups in total. The number of carbonyl (C=O) groups excluding carboxylic acids is 3. The monoisotopic (exact) mass is 430 g/mol. The Labute approximate surface area is 178 Å². The summed E-state index contributed by atoms with van der Waals surface area (Å²) in [6.07, 6.45) is 4.66. The molecule has 0 radical (unpaired) electrons. The number of amides is 2. The summed E-state index contributed by atoms with van der Waals surface area (Å²) in [4.78, 5) is 35.6. The number of benzene rings is 2. The molecule has 0 atom stereocenters. The van der Waals surface area contributed by atoms with Gasteiger partial charge in [-0.25, -0.2) is 4.79 Å². The van der Waals surface area contributed by atoms with Crippen LogP contribution in [0.5, 0.6) is 11.5 Å². The molecule has 0 spiro atoms. The third-order valence-electron chi connectivity index (χ3n) is 3.69. The number of nitrogens with one attached hydrogen (secondary N) is 1. The number of esters is 1. The minimum Gasteiger partial charge on any atom is -0.493 e. The number of primary amides is 1. The Kier molecular flexibility index (Phi) is 8.76. The first-order valence-electron chi connectivity index (χ1n) is 8.79. The maximum Gasteiger partial charge on any atom is 0.331 e. The third kappa shape index (κ3) is 7.51. The van der Waals surface area contributed by atoms with Crippen molar-refractivity contribution in [2.45, 2.75) is 4.90 Å². The minimum absolute atomic E-state index is 0.276. The van der Waals surface area contributed by atoms with Gasteiger partial charge in [0, 0.05) is 16.7 Å². The number of carbonyl (C=O) groups is 3. The molecule has 2 aromatic carbocycles. The molecule has 0 aliphatic rings. The number of anilines is 1. The van der Waals surface area contributed by atoms with Crippen LogP contribution >= 0.6 is 11.8 Å². The van der Waals surface area contributed by atoms with Gasteiger partial charge in [-0.2, -0.15) is 0 Å². The number of ether oxygens (including phenoxy) is 3. The molecule has 2 rings (SSSR count). The highest BCUT2D eigenvalue weighted by Gasteiger charge is 2.08. The van der Waals surface area contributed by atoms with E-state index >= 15 is 0 Å². The lowest BCUT2D eigenvalue weighted by Gasteiger charge is -2.10. The number of hydrogen-bond acceptors (Lipinski definition) is 7. The summed E-state index contributed by atoms with van der Waals surface area (Å²) in [7, 11) is 1.45. The molecule has 2 amide bonds. The predicted molar refractivity (Wildman–Crippen MR) is 115 cm³/mol. The smallest absolute Gasteiger partial charge is 0.331 e. The number of nitrogens with two attached hydrogens (primary N) is 1. The molecule has 0 bridgehead atoms. The molecular formula is C21H22N2O6S. The van der Waals surface area contributed by atoms with Crippen molar-refractivity contribution in [2.24, 2.45) is 5.73 Å². The van der Waals surface area contributed by atoms with Crippen molar-refractivity contribution in [2.75, 3.05) is 31.9 Å². The van der Waals surface area contributed by atoms with E-state index in [2.05, 4.69) is 5.32 Å². The van der Waals surface area contributed by atoms with E-state index in [0.717, 1.165) is 4.90 Å². The van der Waals surface area contributed by atoms with Gasteiger partial charge >= 0.3 is 5.97 Å². The van der Waals surface area contributed by atoms with Gasteiger partial charge in [-0.15, -0.1) is 11.8 Å². The molecule has 30 heavy (non-hydrogen) atoms. The maximum atomic E-state index is 11.9. The van der Waals surface area contributed by atoms with Crippen molar-refractivity contribution < 1.29 is 28.6 Å². The van der Waals surface area contributed by atoms with Crippen LogP contribution in [-0.2, 0) is 19.1 Å². The van der Waals surface area contributed by atoms with Gasteiger partial charge in [-0.1, -0.05) is 6.07 Å². The Bertz CT molecular complexity index is 928. The SMILES string of the molecule is COc1cc(/C=C/C(=O)OCC(=O)Nc2ccc(SC)cc2)ccc1OCC(N)=O. The largest absolute Gasteiger partial charge is 0.493 e. The van der Waals surface area contributed by atoms with Gasteiger partial charge in [0.05, 0.1) is 7.11 Å². The van der Waals surface area contributed by atoms with Crippen molar-refractivity contribution in [3.8, 4) is 11.5 Å². The fraction of sp³-hybridized carbons (Fsp3) is 0.190. The van der Waals surface area contributed by atoms with E-state index in [1.165, 1.54) is 19.3 Å². The topological polar surface area (TPSA) is 117 Å². The molecule has 2 aromatic rings. The Morgan fingerprint density at radius 1 is 1.07 bits per heavy atom. The summed E-state index contributed by atoms with van der Waals surface area (Å²) in [6, 6.07) is 12.2. The summed E-state index contributed by atoms with van der Waals surface area (Å²) in [5.41, 5.74) is 6.30. The second-order valence-electron chi connectivity index (χ2n) is 5.88. The number of rotatable bonds is 10. The second kappa shape index (κ2) is 11.5. The first kappa shape index (κ1) is 22.8. The van der Waals surface area contributed by atoms with Crippen molar-refractivity contribution in [1.82, 2.24) is 0 Å². The molecule has 0 aromatic heterocycles. The summed E-state index contributed by atoms with van der Waals surface area (Å²) < 4.78 is 15.4. The van der Waals surface area contributed by atoms with E-state index in [1.807, 2.05) is 18.4 Å². The molecular weight excluding hydrogens is 408 g/mol. The molecule has 9 heteroatoms. The Balaban J connectivity index is 1.85. The van der Waals surface area contributed by atoms with E-state index < -0.39 is 24.4 Å². The van der Waals surface area contributed by atoms with Gasteiger partial charge in [0.15, 0.2) is 24.7 Å². The molecule has 8 nitrogen and oxygen atoms in total. The summed E-state index contributed by atoms with van der Waals surface area (Å²) in [6.45, 7) is -0.682. The fourth-order valence-corrected chi connectivity index (χ4v) is 2.68. The zero-order valence-electron chi connectivity index (χ0n) is 16.5. The van der Waals surface area contributed by atoms with Crippen molar-refractivity contribution in [1.29, 1.82) is 0 Å². The van der Waals surface area contributed by atoms with E-state index in [4.69, 9.17) is 19.9 Å². The second-order valence-corrected chi connectivity index (χ2v) is 6.76. The minimum atomic E-state index is -0.670. The number of thioether (sulfide) groups is 1. The van der Waals surface area contributed by atoms with Gasteiger partial charge in [-0.3, -0.25) is 9.59 Å². The first-order chi connectivity index (χ1) is 14.4. The normalized spacial score (nSPS) is 10.5. The van der Waals surface area contributed by atoms with E-state index in [-0.39, 0.29) is 6.61 Å². The van der Waals surface area contributed by atoms with Crippen LogP contribution < -0.4 is 20.5 Å². The van der Waals surface area contributed by atoms with Crippen LogP contribution in [0.3, 0.4) is 0 Å². The number of methoxy groups -OCH3 is 1. The fourth-order valence-electron chi connectivity index (χ4n) is 2.28. The highest BCUT2D eigenvalue weighted by Crippen LogP contribution is 2.28. The lowest BCUT2D eigenvalue weighted by Crippen LogP contribution is -2.20. The highest BCUT2D eigenvalue weighted by molar-refractivity contribution is 7.98. The van der Waals surface area contributed by atoms with Gasteiger partial charge in [0.25, 0.3) is 11.8 Å². The Hall–Kier alpha value is -3.46. The Morgan fingerprint density at radius 3 is 2.43 bits per heavy atom. The summed E-state index contributed by atoms with van der Waals surface area (Å²) in [5.74, 6) is -0.996. The predicted octanol–water partition coefficient (Wildman–Crippen LogP) is 2.48. The molecule has 0 unspecified atom stereocenters. The van der Waals surface area contributed by atoms with Crippen molar-refractivity contribution in [3.05, 3.63) is 54.1 Å². The zero-order valence-corrected chi connectivity index (χ0v) is 17.4. The zero-order chi connectivity index (χ0) is 21.9. The standard InChI is InChI=1S/C21H22N2O6S/c1-27-18-11-14(3-9-17(18)28-12-19(22)24)4-10-21(26)29-13-20(25)23-15-5-7-16(30-2)8-6-15/h3-11H,12-13H2,1-2H3,(H2,22,24)(H,23,25)/b10-4+. The lowest BCUT2D eigenvalue weighted by atomic mass is 10.2. The summed E-state index contributed by atoms with van der Waals surface area (Å²) in [5, 5.41) is 2.65. The molecule has 0 saturated carbocycles. The van der Waals surface area contributed by atoms with Crippen LogP contribution in [0, 0.1) is 0 Å². The lowest BCUT2D eigenvalue weighted by molar-refractivity contribution is -0.142. The number of hydrogen-bond donors (Lipinski definition) is 2. The van der Waals surface area contributed by atoms with Crippen LogP contribution in [0.25, 0.3) is 6.08 Å². The van der Waals surface area contributed by atoms with Crippen molar-refractivity contribution >= 4 is 41.3 Å². The van der Waals surface area contributed by atoms with Gasteiger partial charge in [-0.05, 0) is 54.3 Å². The van der Waals surface area contributed by atoms with Crippen LogP contribution in [0.1, 0.15) is 5.56 Å². The third-order valence-corrected chi connectivity index (χ3v) is 4.43. The van der Waals surface area contributed by atoms with E-state index in [9.17, 15) is 14.4 Å². The molecule has 0 aliphatic carbocycles. The molecule has 0 heterocycles. The summed E-state index contributed by atoms with van der Waals surface area (Å²) >= 11 is 1.60. The van der Waals surface area contributed by atoms with Crippen LogP contribution in [0.4, 0.5) is 5.69 Å². The van der Waals surface area contributed by atoms with Crippen LogP contribution in [-0.4, -0.2) is 44.4 Å². The first-order valence-corrected chi connectivity index (χ1v) is 10.0. The molecule has 0 saturated heterocycles. The average Bonchev–Trinajstić information content (AvgIpc) is 2.75. The molecule has 158 valence electrons. The maximum absolute atomic E-state index is 11.9. The highest BCUT2D eigenvalue weighted by atomic mass is 32.2. The van der Waals surface area contributed by atoms with Gasteiger partial charge < -0.3 is 25.3 Å². The van der Waals surface area contributed by atoms with Crippen LogP contribution in [0.2, 0.25) is 0 Å². The van der Waals surface area contributed by atoms with E-state index in [1.54, 1.807) is 42.1 Å². The van der Waals surface area contributed by atoms with E-state index in [0.29, 0.717) is 22.7 Å². The average molecular weight is 430 g/mol. The quantitative estimate of drug-likeness (QED) is 0.338. The Morgan fingerprint density at radius 2 is 1.80 bits per heavy atom. The van der Waals surface area contributed by atoms with Crippen LogP contribution in [0.15, 0.2) is 53.4 Å². The molecule has 0 fully saturated rings. The van der Waals surface area contributed by atoms with Gasteiger partial charge in [0.1, 0.15) is 0 Å². The molecule has 0 aliphatic heterocycles.